The van der Waals surface area contributed by atoms with Gasteiger partial charge in [0.05, 0.1) is 5.52 Å². The quantitative estimate of drug-likeness (QED) is 0.181. The van der Waals surface area contributed by atoms with E-state index in [-0.39, 0.29) is 21.7 Å². The van der Waals surface area contributed by atoms with Gasteiger partial charge in [-0.25, -0.2) is 0 Å². The predicted molar refractivity (Wildman–Crippen MR) is 261 cm³/mol. The second-order valence-electron chi connectivity index (χ2n) is 21.3. The number of anilines is 2. The summed E-state index contributed by atoms with van der Waals surface area (Å²) in [5, 5.41) is 8.94. The third kappa shape index (κ3) is 5.11. The van der Waals surface area contributed by atoms with E-state index in [1.165, 1.54) is 118 Å². The molecule has 0 spiro atoms. The third-order valence-corrected chi connectivity index (χ3v) is 15.2. The van der Waals surface area contributed by atoms with Crippen molar-refractivity contribution in [1.29, 1.82) is 0 Å². The van der Waals surface area contributed by atoms with Crippen LogP contribution in [0.1, 0.15) is 103 Å². The Morgan fingerprint density at radius 2 is 1.31 bits per heavy atom. The number of rotatable bonds is 3. The average molecular weight is 793 g/mol. The maximum Gasteiger partial charge on any atom is 0.198 e. The summed E-state index contributed by atoms with van der Waals surface area (Å²) in [5.41, 5.74) is 23.2. The van der Waals surface area contributed by atoms with Crippen molar-refractivity contribution in [2.24, 2.45) is 0 Å². The molecule has 7 aromatic carbocycles. The van der Waals surface area contributed by atoms with Crippen LogP contribution in [0.25, 0.3) is 71.7 Å². The molecule has 1 aliphatic heterocycles. The highest BCUT2D eigenvalue weighted by atomic mass is 16.3. The average Bonchev–Trinajstić information content (AvgIpc) is 3.85. The van der Waals surface area contributed by atoms with Gasteiger partial charge in [0, 0.05) is 55.1 Å². The van der Waals surface area contributed by atoms with Gasteiger partial charge in [-0.2, -0.15) is 0 Å². The normalized spacial score (nSPS) is 16.7. The van der Waals surface area contributed by atoms with E-state index >= 15 is 0 Å². The van der Waals surface area contributed by atoms with Crippen molar-refractivity contribution in [1.82, 2.24) is 4.57 Å². The fraction of sp³-hybridized carbons (Fsp3) is 0.263. The molecule has 3 heterocycles. The molecule has 2 aliphatic carbocycles. The summed E-state index contributed by atoms with van der Waals surface area (Å²) in [6, 6.07) is 46.2. The third-order valence-electron chi connectivity index (χ3n) is 15.2. The maximum atomic E-state index is 6.55. The lowest BCUT2D eigenvalue weighted by Gasteiger charge is -2.42. The van der Waals surface area contributed by atoms with Gasteiger partial charge in [-0.1, -0.05) is 141 Å². The van der Waals surface area contributed by atoms with Crippen molar-refractivity contribution in [2.45, 2.75) is 96.8 Å². The molecule has 0 radical (unpaired) electrons. The molecule has 0 fully saturated rings. The number of furan rings is 1. The number of hydrogen-bond acceptors (Lipinski definition) is 2. The molecule has 300 valence electrons. The molecule has 0 unspecified atom stereocenters. The molecular weight excluding hydrogens is 739 g/mol. The number of nitrogens with zero attached hydrogens (tertiary/aromatic N) is 1. The Morgan fingerprint density at radius 3 is 2.08 bits per heavy atom. The van der Waals surface area contributed by atoms with Crippen molar-refractivity contribution in [3.8, 4) is 27.9 Å². The summed E-state index contributed by atoms with van der Waals surface area (Å²) in [4.78, 5) is 0. The molecule has 3 aliphatic rings. The summed E-state index contributed by atoms with van der Waals surface area (Å²) in [5.74, 6) is 0. The van der Waals surface area contributed by atoms with Gasteiger partial charge < -0.3 is 14.3 Å². The number of hydrogen-bond donors (Lipinski definition) is 1. The number of aromatic nitrogens is 1. The molecule has 3 nitrogen and oxygen atoms in total. The summed E-state index contributed by atoms with van der Waals surface area (Å²) in [6.07, 6.45) is 2.33. The van der Waals surface area contributed by atoms with Crippen molar-refractivity contribution in [3.05, 3.63) is 149 Å². The van der Waals surface area contributed by atoms with Crippen LogP contribution in [-0.4, -0.2) is 11.8 Å². The van der Waals surface area contributed by atoms with Gasteiger partial charge >= 0.3 is 0 Å². The Balaban J connectivity index is 1.17. The SMILES string of the molecule is CC(C)(C)c1ccc(Nc2cc3c(cc2-c2ccc4c5c6c(ccc5n5c4c2Bc2cc4c(cc2-5)-c2ccccc2C4(C)C)oc2ccccc26)C(C)(C)CCC3(C)C)cc1. The largest absolute Gasteiger partial charge is 0.456 e. The fourth-order valence-corrected chi connectivity index (χ4v) is 11.6. The zero-order valence-electron chi connectivity index (χ0n) is 37.0. The van der Waals surface area contributed by atoms with Crippen molar-refractivity contribution < 1.29 is 4.42 Å². The first-order valence-electron chi connectivity index (χ1n) is 22.4. The topological polar surface area (TPSA) is 30.1 Å². The van der Waals surface area contributed by atoms with E-state index in [0.717, 1.165) is 24.1 Å². The van der Waals surface area contributed by atoms with Gasteiger partial charge in [0.1, 0.15) is 11.2 Å². The summed E-state index contributed by atoms with van der Waals surface area (Å²) >= 11 is 0. The highest BCUT2D eigenvalue weighted by molar-refractivity contribution is 6.73. The molecular formula is C57H53BN2O. The molecule has 0 atom stereocenters. The van der Waals surface area contributed by atoms with Crippen LogP contribution in [0, 0.1) is 0 Å². The van der Waals surface area contributed by atoms with Crippen molar-refractivity contribution in [2.75, 3.05) is 5.32 Å². The lowest BCUT2D eigenvalue weighted by Crippen LogP contribution is -2.38. The molecule has 61 heavy (non-hydrogen) atoms. The van der Waals surface area contributed by atoms with Crippen LogP contribution in [0.4, 0.5) is 11.4 Å². The van der Waals surface area contributed by atoms with Crippen LogP contribution in [0.15, 0.2) is 126 Å². The van der Waals surface area contributed by atoms with Gasteiger partial charge in [0.15, 0.2) is 7.28 Å². The highest BCUT2D eigenvalue weighted by Gasteiger charge is 2.40. The summed E-state index contributed by atoms with van der Waals surface area (Å²) in [7, 11) is 0.846. The van der Waals surface area contributed by atoms with Crippen LogP contribution < -0.4 is 16.2 Å². The molecule has 9 aromatic rings. The number of fused-ring (bicyclic) bond motifs is 13. The van der Waals surface area contributed by atoms with Gasteiger partial charge in [-0.05, 0) is 128 Å². The monoisotopic (exact) mass is 792 g/mol. The first-order chi connectivity index (χ1) is 29.1. The zero-order chi connectivity index (χ0) is 42.0. The molecule has 0 bridgehead atoms. The van der Waals surface area contributed by atoms with E-state index < -0.39 is 0 Å². The molecule has 1 N–H and O–H groups in total. The first kappa shape index (κ1) is 36.8. The van der Waals surface area contributed by atoms with Gasteiger partial charge in [-0.15, -0.1) is 0 Å². The standard InChI is InChI=1S/C57H53BN2O/c1-54(2,3)32-18-20-33(21-19-32)59-45-31-43-42(55(4,5)26-27-56(43,6)7)28-39(45)35-22-23-37-50-46(24-25-49-51(50)36-15-11-13-17-48(36)61-49)60-47-29-38-34-14-10-12-16-40(34)57(8,9)41(38)30-44(47)58-52(35)53(37)60/h10-25,28-31,58-59H,26-27H2,1-9H3. The summed E-state index contributed by atoms with van der Waals surface area (Å²) < 4.78 is 9.17. The molecule has 2 aromatic heterocycles. The van der Waals surface area contributed by atoms with Crippen LogP contribution in [-0.2, 0) is 21.7 Å². The molecule has 4 heteroatoms. The fourth-order valence-electron chi connectivity index (χ4n) is 11.6. The second-order valence-corrected chi connectivity index (χ2v) is 21.3. The molecule has 0 saturated carbocycles. The Hall–Kier alpha value is -6.00. The number of benzene rings is 7. The van der Waals surface area contributed by atoms with Gasteiger partial charge in [0.2, 0.25) is 0 Å². The molecule has 12 rings (SSSR count). The van der Waals surface area contributed by atoms with Gasteiger partial charge in [-0.3, -0.25) is 0 Å². The van der Waals surface area contributed by atoms with E-state index in [1.807, 2.05) is 0 Å². The second kappa shape index (κ2) is 12.1. The Labute approximate surface area is 360 Å². The molecule has 0 amide bonds. The molecule has 0 saturated heterocycles. The van der Waals surface area contributed by atoms with E-state index in [1.54, 1.807) is 0 Å². The van der Waals surface area contributed by atoms with E-state index in [9.17, 15) is 0 Å². The van der Waals surface area contributed by atoms with Crippen LogP contribution in [0.5, 0.6) is 0 Å². The Kier molecular flexibility index (Phi) is 7.30. The van der Waals surface area contributed by atoms with Crippen molar-refractivity contribution >= 4 is 73.3 Å². The lowest BCUT2D eigenvalue weighted by molar-refractivity contribution is 0.332. The zero-order valence-corrected chi connectivity index (χ0v) is 37.0. The smallest absolute Gasteiger partial charge is 0.198 e. The van der Waals surface area contributed by atoms with E-state index in [4.69, 9.17) is 4.42 Å². The van der Waals surface area contributed by atoms with Gasteiger partial charge in [0.25, 0.3) is 0 Å². The van der Waals surface area contributed by atoms with E-state index in [2.05, 4.69) is 194 Å². The van der Waals surface area contributed by atoms with E-state index in [0.29, 0.717) is 0 Å². The minimum absolute atomic E-state index is 0.0599. The maximum absolute atomic E-state index is 6.55. The number of nitrogens with one attached hydrogen (secondary N) is 1. The Bertz CT molecular complexity index is 3360. The van der Waals surface area contributed by atoms with Crippen molar-refractivity contribution in [3.63, 3.8) is 0 Å². The minimum Gasteiger partial charge on any atom is -0.456 e. The number of para-hydroxylation sites is 1. The predicted octanol–water partition coefficient (Wildman–Crippen LogP) is 13.7. The first-order valence-corrected chi connectivity index (χ1v) is 22.4. The highest BCUT2D eigenvalue weighted by Crippen LogP contribution is 2.52. The van der Waals surface area contributed by atoms with Crippen LogP contribution in [0.2, 0.25) is 0 Å². The lowest BCUT2D eigenvalue weighted by atomic mass is 9.57. The Morgan fingerprint density at radius 1 is 0.590 bits per heavy atom. The summed E-state index contributed by atoms with van der Waals surface area (Å²) in [6.45, 7) is 21.4. The minimum atomic E-state index is -0.0901. The van der Waals surface area contributed by atoms with Crippen LogP contribution in [0.3, 0.4) is 0 Å². The van der Waals surface area contributed by atoms with Crippen LogP contribution >= 0.6 is 0 Å².